The van der Waals surface area contributed by atoms with Crippen molar-refractivity contribution in [2.24, 2.45) is 5.92 Å². The maximum Gasteiger partial charge on any atom is 0.227 e. The van der Waals surface area contributed by atoms with Crippen molar-refractivity contribution in [3.8, 4) is 5.75 Å². The summed E-state index contributed by atoms with van der Waals surface area (Å²) >= 11 is 5.95. The lowest BCUT2D eigenvalue weighted by atomic mass is 9.99. The van der Waals surface area contributed by atoms with Gasteiger partial charge in [-0.1, -0.05) is 25.7 Å². The number of ether oxygens (including phenoxy) is 1. The largest absolute Gasteiger partial charge is 0.494 e. The average molecular weight is 310 g/mol. The van der Waals surface area contributed by atoms with Crippen LogP contribution in [0.1, 0.15) is 51.0 Å². The molecule has 0 heterocycles. The van der Waals surface area contributed by atoms with Crippen molar-refractivity contribution in [1.82, 2.24) is 0 Å². The number of nitrogens with one attached hydrogen (secondary N) is 1. The molecule has 1 saturated carbocycles. The molecule has 1 aliphatic rings. The van der Waals surface area contributed by atoms with Crippen molar-refractivity contribution >= 4 is 23.2 Å². The standard InChI is InChI=1S/C17H24ClNO2/c1-2-21-16-10-9-15(11-14(16)12-18)19-17(20)13-7-5-3-4-6-8-13/h9-11,13H,2-8,12H2,1H3,(H,19,20). The third-order valence-electron chi connectivity index (χ3n) is 4.00. The number of carbonyl (C=O) groups excluding carboxylic acids is 1. The fourth-order valence-electron chi connectivity index (χ4n) is 2.84. The molecule has 2 rings (SSSR count). The van der Waals surface area contributed by atoms with Crippen molar-refractivity contribution in [3.63, 3.8) is 0 Å². The Morgan fingerprint density at radius 2 is 2.00 bits per heavy atom. The summed E-state index contributed by atoms with van der Waals surface area (Å²) < 4.78 is 5.52. The molecule has 1 N–H and O–H groups in total. The van der Waals surface area contributed by atoms with E-state index < -0.39 is 0 Å². The number of rotatable bonds is 5. The molecule has 4 heteroatoms. The van der Waals surface area contributed by atoms with E-state index in [1.807, 2.05) is 25.1 Å². The van der Waals surface area contributed by atoms with Gasteiger partial charge in [-0.25, -0.2) is 0 Å². The van der Waals surface area contributed by atoms with E-state index in [-0.39, 0.29) is 11.8 Å². The van der Waals surface area contributed by atoms with E-state index in [0.29, 0.717) is 12.5 Å². The number of halogens is 1. The topological polar surface area (TPSA) is 38.3 Å². The lowest BCUT2D eigenvalue weighted by Gasteiger charge is -2.15. The summed E-state index contributed by atoms with van der Waals surface area (Å²) in [5.74, 6) is 1.46. The van der Waals surface area contributed by atoms with E-state index in [1.165, 1.54) is 12.8 Å². The summed E-state index contributed by atoms with van der Waals surface area (Å²) in [5, 5.41) is 3.03. The fraction of sp³-hybridized carbons (Fsp3) is 0.588. The SMILES string of the molecule is CCOc1ccc(NC(=O)C2CCCCCC2)cc1CCl. The normalized spacial score (nSPS) is 16.3. The summed E-state index contributed by atoms with van der Waals surface area (Å²) in [6, 6.07) is 5.67. The molecule has 1 aromatic carbocycles. The highest BCUT2D eigenvalue weighted by Crippen LogP contribution is 2.27. The van der Waals surface area contributed by atoms with Crippen LogP contribution in [0.15, 0.2) is 18.2 Å². The zero-order valence-electron chi connectivity index (χ0n) is 12.7. The molecule has 3 nitrogen and oxygen atoms in total. The average Bonchev–Trinajstić information content (AvgIpc) is 2.78. The quantitative estimate of drug-likeness (QED) is 0.630. The molecule has 1 aromatic rings. The van der Waals surface area contributed by atoms with Crippen LogP contribution in [0, 0.1) is 5.92 Å². The highest BCUT2D eigenvalue weighted by molar-refractivity contribution is 6.17. The van der Waals surface area contributed by atoms with Gasteiger partial charge in [-0.05, 0) is 38.0 Å². The van der Waals surface area contributed by atoms with Gasteiger partial charge in [-0.15, -0.1) is 11.6 Å². The van der Waals surface area contributed by atoms with Crippen LogP contribution < -0.4 is 10.1 Å². The van der Waals surface area contributed by atoms with Gasteiger partial charge >= 0.3 is 0 Å². The van der Waals surface area contributed by atoms with Crippen LogP contribution in [-0.2, 0) is 10.7 Å². The van der Waals surface area contributed by atoms with Crippen molar-refractivity contribution in [2.45, 2.75) is 51.3 Å². The Hall–Kier alpha value is -1.22. The number of alkyl halides is 1. The van der Waals surface area contributed by atoms with Crippen LogP contribution in [0.25, 0.3) is 0 Å². The zero-order valence-corrected chi connectivity index (χ0v) is 13.4. The monoisotopic (exact) mass is 309 g/mol. The van der Waals surface area contributed by atoms with E-state index >= 15 is 0 Å². The van der Waals surface area contributed by atoms with Gasteiger partial charge in [0.2, 0.25) is 5.91 Å². The molecule has 21 heavy (non-hydrogen) atoms. The third kappa shape index (κ3) is 4.63. The summed E-state index contributed by atoms with van der Waals surface area (Å²) in [6.07, 6.45) is 6.84. The Kier molecular flexibility index (Phi) is 6.37. The molecular weight excluding hydrogens is 286 g/mol. The van der Waals surface area contributed by atoms with E-state index in [2.05, 4.69) is 5.32 Å². The number of hydrogen-bond acceptors (Lipinski definition) is 2. The fourth-order valence-corrected chi connectivity index (χ4v) is 3.05. The molecule has 0 spiro atoms. The third-order valence-corrected chi connectivity index (χ3v) is 4.29. The maximum absolute atomic E-state index is 12.4. The molecule has 0 radical (unpaired) electrons. The Morgan fingerprint density at radius 1 is 1.29 bits per heavy atom. The van der Waals surface area contributed by atoms with Gasteiger partial charge in [0, 0.05) is 17.2 Å². The lowest BCUT2D eigenvalue weighted by Crippen LogP contribution is -2.22. The van der Waals surface area contributed by atoms with E-state index in [1.54, 1.807) is 0 Å². The summed E-state index contributed by atoms with van der Waals surface area (Å²) in [7, 11) is 0. The number of amides is 1. The minimum Gasteiger partial charge on any atom is -0.494 e. The summed E-state index contributed by atoms with van der Waals surface area (Å²) in [4.78, 5) is 12.4. The molecule has 0 saturated heterocycles. The number of carbonyl (C=O) groups is 1. The number of anilines is 1. The van der Waals surface area contributed by atoms with E-state index in [0.717, 1.165) is 42.7 Å². The molecule has 0 aromatic heterocycles. The van der Waals surface area contributed by atoms with Crippen molar-refractivity contribution in [2.75, 3.05) is 11.9 Å². The Labute approximate surface area is 132 Å². The van der Waals surface area contributed by atoms with Crippen LogP contribution in [0.2, 0.25) is 0 Å². The molecule has 0 bridgehead atoms. The van der Waals surface area contributed by atoms with Crippen LogP contribution in [0.5, 0.6) is 5.75 Å². The van der Waals surface area contributed by atoms with Crippen molar-refractivity contribution in [1.29, 1.82) is 0 Å². The van der Waals surface area contributed by atoms with Crippen molar-refractivity contribution in [3.05, 3.63) is 23.8 Å². The minimum absolute atomic E-state index is 0.140. The predicted octanol–water partition coefficient (Wildman–Crippen LogP) is 4.73. The highest BCUT2D eigenvalue weighted by Gasteiger charge is 2.20. The van der Waals surface area contributed by atoms with Gasteiger partial charge in [0.15, 0.2) is 0 Å². The van der Waals surface area contributed by atoms with Gasteiger partial charge in [0.1, 0.15) is 5.75 Å². The molecule has 1 amide bonds. The van der Waals surface area contributed by atoms with Crippen molar-refractivity contribution < 1.29 is 9.53 Å². The molecule has 1 aliphatic carbocycles. The van der Waals surface area contributed by atoms with Gasteiger partial charge < -0.3 is 10.1 Å². The van der Waals surface area contributed by atoms with Gasteiger partial charge in [-0.2, -0.15) is 0 Å². The molecule has 116 valence electrons. The van der Waals surface area contributed by atoms with E-state index in [4.69, 9.17) is 16.3 Å². The molecule has 1 fully saturated rings. The maximum atomic E-state index is 12.4. The van der Waals surface area contributed by atoms with Gasteiger partial charge in [-0.3, -0.25) is 4.79 Å². The van der Waals surface area contributed by atoms with Gasteiger partial charge in [0.05, 0.1) is 12.5 Å². The second-order valence-electron chi connectivity index (χ2n) is 5.57. The zero-order chi connectivity index (χ0) is 15.1. The lowest BCUT2D eigenvalue weighted by molar-refractivity contribution is -0.120. The molecule has 0 atom stereocenters. The van der Waals surface area contributed by atoms with E-state index in [9.17, 15) is 4.79 Å². The number of benzene rings is 1. The van der Waals surface area contributed by atoms with Crippen LogP contribution in [0.3, 0.4) is 0 Å². The minimum atomic E-state index is 0.140. The predicted molar refractivity (Wildman–Crippen MR) is 87.0 cm³/mol. The molecule has 0 aliphatic heterocycles. The van der Waals surface area contributed by atoms with Crippen LogP contribution in [0.4, 0.5) is 5.69 Å². The Bertz CT molecular complexity index is 468. The van der Waals surface area contributed by atoms with Crippen LogP contribution >= 0.6 is 11.6 Å². The number of hydrogen-bond donors (Lipinski definition) is 1. The molecular formula is C17H24ClNO2. The smallest absolute Gasteiger partial charge is 0.227 e. The Balaban J connectivity index is 2.02. The second kappa shape index (κ2) is 8.28. The van der Waals surface area contributed by atoms with Gasteiger partial charge in [0.25, 0.3) is 0 Å². The first-order chi connectivity index (χ1) is 10.2. The first-order valence-electron chi connectivity index (χ1n) is 7.87. The van der Waals surface area contributed by atoms with Crippen LogP contribution in [-0.4, -0.2) is 12.5 Å². The first-order valence-corrected chi connectivity index (χ1v) is 8.40. The summed E-state index contributed by atoms with van der Waals surface area (Å²) in [6.45, 7) is 2.55. The summed E-state index contributed by atoms with van der Waals surface area (Å²) in [5.41, 5.74) is 1.72. The second-order valence-corrected chi connectivity index (χ2v) is 5.83. The Morgan fingerprint density at radius 3 is 2.62 bits per heavy atom. The first kappa shape index (κ1) is 16.2. The highest BCUT2D eigenvalue weighted by atomic mass is 35.5. The molecule has 0 unspecified atom stereocenters.